The molecular formula is C82H54B2N2. The van der Waals surface area contributed by atoms with Gasteiger partial charge in [-0.3, -0.25) is 0 Å². The van der Waals surface area contributed by atoms with Crippen LogP contribution in [-0.4, -0.2) is 13.4 Å². The minimum atomic E-state index is -0.166. The summed E-state index contributed by atoms with van der Waals surface area (Å²) in [6.45, 7) is -0.292. The Morgan fingerprint density at radius 1 is 0.221 bits per heavy atom. The summed E-state index contributed by atoms with van der Waals surface area (Å²) in [7, 11) is 0. The molecule has 0 unspecified atom stereocenters. The molecule has 0 fully saturated rings. The molecule has 0 N–H and O–H groups in total. The van der Waals surface area contributed by atoms with E-state index < -0.39 is 0 Å². The zero-order valence-corrected chi connectivity index (χ0v) is 47.2. The molecule has 0 aliphatic carbocycles. The second kappa shape index (κ2) is 20.4. The predicted molar refractivity (Wildman–Crippen MR) is 369 cm³/mol. The van der Waals surface area contributed by atoms with E-state index in [0.29, 0.717) is 0 Å². The largest absolute Gasteiger partial charge is 0.311 e. The van der Waals surface area contributed by atoms with Crippen molar-refractivity contribution < 1.29 is 0 Å². The molecule has 0 spiro atoms. The molecule has 2 aliphatic heterocycles. The van der Waals surface area contributed by atoms with E-state index in [2.05, 4.69) is 337 Å². The van der Waals surface area contributed by atoms with Gasteiger partial charge in [-0.15, -0.1) is 0 Å². The zero-order valence-electron chi connectivity index (χ0n) is 47.2. The van der Waals surface area contributed by atoms with Crippen LogP contribution in [0.15, 0.2) is 328 Å². The monoisotopic (exact) mass is 1090 g/mol. The van der Waals surface area contributed by atoms with Crippen molar-refractivity contribution in [2.24, 2.45) is 0 Å². The van der Waals surface area contributed by atoms with Crippen molar-refractivity contribution in [2.45, 2.75) is 0 Å². The van der Waals surface area contributed by atoms with Gasteiger partial charge in [0.15, 0.2) is 0 Å². The molecule has 4 heteroatoms. The molecule has 0 amide bonds. The second-order valence-electron chi connectivity index (χ2n) is 23.0. The van der Waals surface area contributed by atoms with Crippen molar-refractivity contribution in [3.63, 3.8) is 0 Å². The number of nitrogens with zero attached hydrogens (tertiary/aromatic N) is 2. The van der Waals surface area contributed by atoms with Gasteiger partial charge >= 0.3 is 0 Å². The molecule has 15 aromatic carbocycles. The van der Waals surface area contributed by atoms with Crippen LogP contribution < -0.4 is 42.6 Å². The van der Waals surface area contributed by atoms with Crippen LogP contribution in [0.5, 0.6) is 0 Å². The molecule has 2 nitrogen and oxygen atoms in total. The summed E-state index contributed by atoms with van der Waals surface area (Å²) in [4.78, 5) is 5.13. The van der Waals surface area contributed by atoms with Crippen molar-refractivity contribution in [2.75, 3.05) is 9.80 Å². The Bertz CT molecular complexity index is 4920. The number of anilines is 6. The first-order valence-electron chi connectivity index (χ1n) is 30.0. The lowest BCUT2D eigenvalue weighted by Gasteiger charge is -2.40. The Morgan fingerprint density at radius 2 is 0.547 bits per heavy atom. The highest BCUT2D eigenvalue weighted by atomic mass is 15.2. The third kappa shape index (κ3) is 7.91. The number of benzene rings is 15. The lowest BCUT2D eigenvalue weighted by molar-refractivity contribution is 1.31. The summed E-state index contributed by atoms with van der Waals surface area (Å²) >= 11 is 0. The van der Waals surface area contributed by atoms with E-state index in [1.807, 2.05) is 0 Å². The average Bonchev–Trinajstić information content (AvgIpc) is 0.710. The molecule has 398 valence electrons. The van der Waals surface area contributed by atoms with Gasteiger partial charge in [0.2, 0.25) is 13.4 Å². The van der Waals surface area contributed by atoms with Crippen LogP contribution in [0.3, 0.4) is 0 Å². The first kappa shape index (κ1) is 49.7. The Morgan fingerprint density at radius 3 is 0.942 bits per heavy atom. The number of para-hydroxylation sites is 4. The highest BCUT2D eigenvalue weighted by molar-refractivity contribution is 7.00. The summed E-state index contributed by atoms with van der Waals surface area (Å²) in [5, 5.41) is 7.43. The van der Waals surface area contributed by atoms with E-state index in [1.165, 1.54) is 143 Å². The molecule has 0 aromatic heterocycles. The Kier molecular flexibility index (Phi) is 11.8. The number of hydrogen-bond acceptors (Lipinski definition) is 2. The van der Waals surface area contributed by atoms with Crippen molar-refractivity contribution in [3.05, 3.63) is 328 Å². The first-order chi connectivity index (χ1) is 42.7. The van der Waals surface area contributed by atoms with Crippen molar-refractivity contribution >= 4 is 113 Å². The van der Waals surface area contributed by atoms with Crippen LogP contribution in [0.2, 0.25) is 0 Å². The predicted octanol–water partition coefficient (Wildman–Crippen LogP) is 17.5. The molecule has 17 rings (SSSR count). The highest BCUT2D eigenvalue weighted by Crippen LogP contribution is 2.49. The third-order valence-corrected chi connectivity index (χ3v) is 18.3. The smallest absolute Gasteiger partial charge is 0.248 e. The number of fused-ring (bicyclic) bond motifs is 6. The van der Waals surface area contributed by atoms with E-state index in [-0.39, 0.29) is 13.4 Å². The topological polar surface area (TPSA) is 6.48 Å². The van der Waals surface area contributed by atoms with Crippen molar-refractivity contribution in [1.29, 1.82) is 0 Å². The first-order valence-corrected chi connectivity index (χ1v) is 30.0. The second-order valence-corrected chi connectivity index (χ2v) is 23.0. The molecule has 2 aliphatic rings. The molecular weight excluding hydrogens is 1030 g/mol. The zero-order chi connectivity index (χ0) is 56.7. The maximum Gasteiger partial charge on any atom is 0.248 e. The van der Waals surface area contributed by atoms with Crippen LogP contribution in [0.25, 0.3) is 88.0 Å². The summed E-state index contributed by atoms with van der Waals surface area (Å²) in [6, 6.07) is 122. The Hall–Kier alpha value is -10.9. The van der Waals surface area contributed by atoms with Crippen LogP contribution in [-0.2, 0) is 0 Å². The molecule has 15 aromatic rings. The van der Waals surface area contributed by atoms with Gasteiger partial charge in [0.25, 0.3) is 0 Å². The maximum atomic E-state index is 2.57. The van der Waals surface area contributed by atoms with Crippen LogP contribution >= 0.6 is 0 Å². The quantitative estimate of drug-likeness (QED) is 0.105. The van der Waals surface area contributed by atoms with E-state index in [0.717, 1.165) is 11.4 Å². The highest BCUT2D eigenvalue weighted by Gasteiger charge is 2.42. The summed E-state index contributed by atoms with van der Waals surface area (Å²) < 4.78 is 0. The molecule has 0 saturated carbocycles. The number of hydrogen-bond donors (Lipinski definition) is 0. The molecule has 86 heavy (non-hydrogen) atoms. The molecule has 0 radical (unpaired) electrons. The van der Waals surface area contributed by atoms with Gasteiger partial charge in [-0.25, -0.2) is 0 Å². The Labute approximate surface area is 502 Å². The lowest BCUT2D eigenvalue weighted by atomic mass is 9.33. The van der Waals surface area contributed by atoms with Gasteiger partial charge in [0.05, 0.1) is 0 Å². The molecule has 2 heterocycles. The summed E-state index contributed by atoms with van der Waals surface area (Å²) in [5.41, 5.74) is 26.8. The fourth-order valence-electron chi connectivity index (χ4n) is 14.8. The van der Waals surface area contributed by atoms with Gasteiger partial charge in [0.1, 0.15) is 0 Å². The molecule has 0 bridgehead atoms. The van der Waals surface area contributed by atoms with Gasteiger partial charge in [-0.1, -0.05) is 290 Å². The van der Waals surface area contributed by atoms with Crippen molar-refractivity contribution in [1.82, 2.24) is 0 Å². The van der Waals surface area contributed by atoms with Gasteiger partial charge < -0.3 is 9.80 Å². The maximum absolute atomic E-state index is 2.57. The fraction of sp³-hybridized carbons (Fsp3) is 0. The fourth-order valence-corrected chi connectivity index (χ4v) is 14.8. The van der Waals surface area contributed by atoms with E-state index in [4.69, 9.17) is 0 Å². The van der Waals surface area contributed by atoms with Crippen LogP contribution in [0.1, 0.15) is 0 Å². The van der Waals surface area contributed by atoms with Crippen LogP contribution in [0.4, 0.5) is 34.1 Å². The lowest BCUT2D eigenvalue weighted by Crippen LogP contribution is -2.58. The van der Waals surface area contributed by atoms with Gasteiger partial charge in [-0.05, 0) is 148 Å². The number of rotatable bonds is 9. The minimum absolute atomic E-state index is 0.126. The van der Waals surface area contributed by atoms with Crippen LogP contribution in [0, 0.1) is 0 Å². The summed E-state index contributed by atoms with van der Waals surface area (Å²) in [5.74, 6) is 0. The Balaban J connectivity index is 0.992. The normalized spacial score (nSPS) is 12.6. The average molecular weight is 1090 g/mol. The molecule has 0 atom stereocenters. The third-order valence-electron chi connectivity index (χ3n) is 18.3. The minimum Gasteiger partial charge on any atom is -0.311 e. The molecule has 0 saturated heterocycles. The SMILES string of the molecule is c1ccc(-c2cc(-c3ccccc3)c(B3c4ccccc4N(c4ccccc4)c4c3cc3ccc5c6c(cc7ccc4c3c75)B(c3c(-c4ccccc4)cccc3-c3ccccc3)c3ccccc3N6c3ccccc3)c(-c3ccccc3)c2)cc1. The summed E-state index contributed by atoms with van der Waals surface area (Å²) in [6.07, 6.45) is 0. The standard InChI is InChI=1S/C82H54B2N2/c1-8-27-55(28-9-1)62-51-69(58-33-14-4-15-34-58)80(70(52-62)59-35-16-5-17-36-59)84-72-44-23-25-46-76(72)86(64-39-20-7-21-40-64)82-68-50-47-60-53-73-81(67-49-48-61(54-74(82)84)78(68)77(60)67)85(63-37-18-6-19-38-63)75-45-24-22-43-71(75)83(73)79-65(56-29-10-2-11-30-56)41-26-42-66(79)57-31-12-3-13-32-57/h1-54H. The van der Waals surface area contributed by atoms with E-state index in [1.54, 1.807) is 0 Å². The van der Waals surface area contributed by atoms with Crippen molar-refractivity contribution in [3.8, 4) is 55.6 Å². The van der Waals surface area contributed by atoms with Gasteiger partial charge in [-0.2, -0.15) is 0 Å². The van der Waals surface area contributed by atoms with Gasteiger partial charge in [0, 0.05) is 44.9 Å². The van der Waals surface area contributed by atoms with E-state index >= 15 is 0 Å². The van der Waals surface area contributed by atoms with E-state index in [9.17, 15) is 0 Å².